The predicted octanol–water partition coefficient (Wildman–Crippen LogP) is 3.99. The van der Waals surface area contributed by atoms with E-state index in [1.54, 1.807) is 0 Å². The Kier molecular flexibility index (Phi) is 4.75. The summed E-state index contributed by atoms with van der Waals surface area (Å²) >= 11 is 1.52. The maximum absolute atomic E-state index is 11.0. The van der Waals surface area contributed by atoms with Crippen molar-refractivity contribution < 1.29 is 4.79 Å². The Hall–Kier alpha value is -0.900. The molecule has 1 fully saturated rings. The molecular formula is C14H21N2OS. The summed E-state index contributed by atoms with van der Waals surface area (Å²) in [5.41, 5.74) is 1.12. The quantitative estimate of drug-likeness (QED) is 0.878. The predicted molar refractivity (Wildman–Crippen MR) is 75.7 cm³/mol. The lowest BCUT2D eigenvalue weighted by Crippen LogP contribution is -2.13. The van der Waals surface area contributed by atoms with E-state index < -0.39 is 0 Å². The van der Waals surface area contributed by atoms with Gasteiger partial charge in [0.25, 0.3) is 0 Å². The largest absolute Gasteiger partial charge is 0.302 e. The number of anilines is 1. The van der Waals surface area contributed by atoms with Crippen molar-refractivity contribution in [2.24, 2.45) is 5.92 Å². The van der Waals surface area contributed by atoms with Crippen LogP contribution in [0.5, 0.6) is 0 Å². The van der Waals surface area contributed by atoms with E-state index in [4.69, 9.17) is 0 Å². The van der Waals surface area contributed by atoms with E-state index in [9.17, 15) is 4.79 Å². The summed E-state index contributed by atoms with van der Waals surface area (Å²) in [5.74, 6) is 1.05. The van der Waals surface area contributed by atoms with Crippen LogP contribution in [0.1, 0.15) is 57.6 Å². The SMILES string of the molecule is CC(=O)Nc1nc(C2[CH]CCCCCC2C)cs1. The van der Waals surface area contributed by atoms with Crippen molar-refractivity contribution in [2.45, 2.75) is 51.9 Å². The molecule has 18 heavy (non-hydrogen) atoms. The highest BCUT2D eigenvalue weighted by atomic mass is 32.1. The van der Waals surface area contributed by atoms with Crippen LogP contribution in [-0.4, -0.2) is 10.9 Å². The second-order valence-electron chi connectivity index (χ2n) is 5.14. The molecule has 1 aliphatic carbocycles. The van der Waals surface area contributed by atoms with Gasteiger partial charge in [-0.3, -0.25) is 4.79 Å². The molecule has 99 valence electrons. The van der Waals surface area contributed by atoms with Gasteiger partial charge in [0.1, 0.15) is 0 Å². The third-order valence-corrected chi connectivity index (χ3v) is 4.32. The van der Waals surface area contributed by atoms with E-state index in [0.29, 0.717) is 11.8 Å². The number of carbonyl (C=O) groups excluding carboxylic acids is 1. The van der Waals surface area contributed by atoms with Gasteiger partial charge >= 0.3 is 0 Å². The van der Waals surface area contributed by atoms with Crippen LogP contribution in [0, 0.1) is 12.3 Å². The monoisotopic (exact) mass is 265 g/mol. The fraction of sp³-hybridized carbons (Fsp3) is 0.643. The highest BCUT2D eigenvalue weighted by Crippen LogP contribution is 2.35. The molecule has 0 spiro atoms. The summed E-state index contributed by atoms with van der Waals surface area (Å²) in [5, 5.41) is 5.57. The Balaban J connectivity index is 2.07. The Morgan fingerprint density at radius 2 is 2.28 bits per heavy atom. The maximum Gasteiger partial charge on any atom is 0.223 e. The Morgan fingerprint density at radius 3 is 3.06 bits per heavy atom. The summed E-state index contributed by atoms with van der Waals surface area (Å²) in [6, 6.07) is 0. The van der Waals surface area contributed by atoms with E-state index in [0.717, 1.165) is 10.8 Å². The molecule has 1 radical (unpaired) electrons. The fourth-order valence-electron chi connectivity index (χ4n) is 2.56. The summed E-state index contributed by atoms with van der Waals surface area (Å²) in [6.45, 7) is 3.83. The molecule has 0 aromatic carbocycles. The van der Waals surface area contributed by atoms with Gasteiger partial charge in [-0.1, -0.05) is 32.6 Å². The highest BCUT2D eigenvalue weighted by Gasteiger charge is 2.23. The van der Waals surface area contributed by atoms with E-state index in [1.165, 1.54) is 50.4 Å². The minimum absolute atomic E-state index is 0.0504. The molecule has 2 unspecified atom stereocenters. The number of amides is 1. The number of nitrogens with zero attached hydrogens (tertiary/aromatic N) is 1. The normalized spacial score (nSPS) is 25.2. The van der Waals surface area contributed by atoms with Crippen LogP contribution >= 0.6 is 11.3 Å². The zero-order chi connectivity index (χ0) is 13.0. The second-order valence-corrected chi connectivity index (χ2v) is 5.99. The van der Waals surface area contributed by atoms with Crippen molar-refractivity contribution in [3.8, 4) is 0 Å². The van der Waals surface area contributed by atoms with Gasteiger partial charge in [-0.2, -0.15) is 0 Å². The molecule has 1 aliphatic rings. The summed E-state index contributed by atoms with van der Waals surface area (Å²) in [7, 11) is 0. The van der Waals surface area contributed by atoms with Gasteiger partial charge in [-0.25, -0.2) is 4.98 Å². The number of hydrogen-bond donors (Lipinski definition) is 1. The number of rotatable bonds is 2. The van der Waals surface area contributed by atoms with E-state index in [2.05, 4.69) is 29.0 Å². The van der Waals surface area contributed by atoms with Crippen molar-refractivity contribution in [1.82, 2.24) is 4.98 Å². The molecule has 4 heteroatoms. The van der Waals surface area contributed by atoms with Crippen LogP contribution in [0.2, 0.25) is 0 Å². The third-order valence-electron chi connectivity index (χ3n) is 3.54. The van der Waals surface area contributed by atoms with Crippen LogP contribution in [0.4, 0.5) is 5.13 Å². The van der Waals surface area contributed by atoms with Gasteiger partial charge in [-0.15, -0.1) is 11.3 Å². The Bertz CT molecular complexity index is 402. The smallest absolute Gasteiger partial charge is 0.223 e. The lowest BCUT2D eigenvalue weighted by atomic mass is 9.81. The van der Waals surface area contributed by atoms with E-state index >= 15 is 0 Å². The molecule has 1 heterocycles. The minimum atomic E-state index is -0.0504. The highest BCUT2D eigenvalue weighted by molar-refractivity contribution is 7.13. The molecule has 2 rings (SSSR count). The molecule has 0 bridgehead atoms. The van der Waals surface area contributed by atoms with Gasteiger partial charge < -0.3 is 5.32 Å². The standard InChI is InChI=1S/C14H21N2OS/c1-10-7-5-3-4-6-8-12(10)13-9-18-14(16-13)15-11(2)17/h8-10,12H,3-7H2,1-2H3,(H,15,16,17). The summed E-state index contributed by atoms with van der Waals surface area (Å²) in [6.07, 6.45) is 8.84. The van der Waals surface area contributed by atoms with Crippen molar-refractivity contribution >= 4 is 22.4 Å². The molecule has 0 aliphatic heterocycles. The van der Waals surface area contributed by atoms with Crippen molar-refractivity contribution in [2.75, 3.05) is 5.32 Å². The number of hydrogen-bond acceptors (Lipinski definition) is 3. The van der Waals surface area contributed by atoms with Crippen LogP contribution in [0.3, 0.4) is 0 Å². The Labute approximate surface area is 113 Å². The van der Waals surface area contributed by atoms with Gasteiger partial charge in [-0.05, 0) is 18.8 Å². The summed E-state index contributed by atoms with van der Waals surface area (Å²) in [4.78, 5) is 15.6. The zero-order valence-electron chi connectivity index (χ0n) is 11.1. The van der Waals surface area contributed by atoms with Crippen LogP contribution < -0.4 is 5.32 Å². The van der Waals surface area contributed by atoms with E-state index in [-0.39, 0.29) is 5.91 Å². The first-order valence-electron chi connectivity index (χ1n) is 6.73. The topological polar surface area (TPSA) is 42.0 Å². The lowest BCUT2D eigenvalue weighted by molar-refractivity contribution is -0.114. The number of nitrogens with one attached hydrogen (secondary N) is 1. The fourth-order valence-corrected chi connectivity index (χ4v) is 3.36. The van der Waals surface area contributed by atoms with Crippen molar-refractivity contribution in [3.63, 3.8) is 0 Å². The Morgan fingerprint density at radius 1 is 1.44 bits per heavy atom. The van der Waals surface area contributed by atoms with Gasteiger partial charge in [0.15, 0.2) is 5.13 Å². The third kappa shape index (κ3) is 3.55. The van der Waals surface area contributed by atoms with E-state index in [1.807, 2.05) is 0 Å². The molecule has 3 nitrogen and oxygen atoms in total. The molecular weight excluding hydrogens is 244 g/mol. The van der Waals surface area contributed by atoms with Crippen molar-refractivity contribution in [1.29, 1.82) is 0 Å². The minimum Gasteiger partial charge on any atom is -0.302 e. The first-order chi connectivity index (χ1) is 8.66. The first kappa shape index (κ1) is 13.5. The lowest BCUT2D eigenvalue weighted by Gasteiger charge is -2.24. The van der Waals surface area contributed by atoms with Gasteiger partial charge in [0.2, 0.25) is 5.91 Å². The number of aromatic nitrogens is 1. The molecule has 1 amide bonds. The first-order valence-corrected chi connectivity index (χ1v) is 7.61. The zero-order valence-corrected chi connectivity index (χ0v) is 11.9. The maximum atomic E-state index is 11.0. The summed E-state index contributed by atoms with van der Waals surface area (Å²) < 4.78 is 0. The number of carbonyl (C=O) groups is 1. The van der Waals surface area contributed by atoms with Crippen LogP contribution in [0.25, 0.3) is 0 Å². The average Bonchev–Trinajstić information content (AvgIpc) is 2.71. The molecule has 2 atom stereocenters. The van der Waals surface area contributed by atoms with Gasteiger partial charge in [0, 0.05) is 18.2 Å². The molecule has 1 aromatic rings. The van der Waals surface area contributed by atoms with Gasteiger partial charge in [0.05, 0.1) is 5.69 Å². The second kappa shape index (κ2) is 6.32. The van der Waals surface area contributed by atoms with Crippen LogP contribution in [-0.2, 0) is 4.79 Å². The molecule has 0 saturated heterocycles. The van der Waals surface area contributed by atoms with Crippen molar-refractivity contribution in [3.05, 3.63) is 17.5 Å². The number of thiazole rings is 1. The molecule has 1 aromatic heterocycles. The molecule has 1 saturated carbocycles. The molecule has 1 N–H and O–H groups in total. The van der Waals surface area contributed by atoms with Crippen LogP contribution in [0.15, 0.2) is 5.38 Å². The average molecular weight is 265 g/mol.